The van der Waals surface area contributed by atoms with E-state index in [1.54, 1.807) is 12.4 Å². The second kappa shape index (κ2) is 5.49. The number of aryl methyl sites for hydroxylation is 2. The molecule has 1 fully saturated rings. The number of hydrogen-bond acceptors (Lipinski definition) is 4. The fourth-order valence-corrected chi connectivity index (χ4v) is 2.54. The zero-order valence-corrected chi connectivity index (χ0v) is 12.1. The van der Waals surface area contributed by atoms with Crippen LogP contribution in [0.3, 0.4) is 0 Å². The lowest BCUT2D eigenvalue weighted by Crippen LogP contribution is -2.47. The Labute approximate surface area is 120 Å². The Morgan fingerprint density at radius 3 is 2.15 bits per heavy atom. The van der Waals surface area contributed by atoms with Gasteiger partial charge in [-0.25, -0.2) is 9.97 Å². The van der Waals surface area contributed by atoms with E-state index in [2.05, 4.69) is 51.8 Å². The first kappa shape index (κ1) is 12.9. The number of nitrogens with zero attached hydrogens (tertiary/aromatic N) is 4. The van der Waals surface area contributed by atoms with Crippen LogP contribution in [0.25, 0.3) is 0 Å². The van der Waals surface area contributed by atoms with E-state index < -0.39 is 0 Å². The van der Waals surface area contributed by atoms with Gasteiger partial charge in [0.15, 0.2) is 0 Å². The Hall–Kier alpha value is -2.10. The van der Waals surface area contributed by atoms with E-state index in [-0.39, 0.29) is 0 Å². The first-order valence-electron chi connectivity index (χ1n) is 7.08. The van der Waals surface area contributed by atoms with Crippen molar-refractivity contribution < 1.29 is 0 Å². The summed E-state index contributed by atoms with van der Waals surface area (Å²) < 4.78 is 0. The fraction of sp³-hybridized carbons (Fsp3) is 0.375. The van der Waals surface area contributed by atoms with Crippen molar-refractivity contribution >= 4 is 11.6 Å². The van der Waals surface area contributed by atoms with Gasteiger partial charge in [0, 0.05) is 44.3 Å². The molecule has 0 amide bonds. The van der Waals surface area contributed by atoms with Crippen molar-refractivity contribution in [1.82, 2.24) is 9.97 Å². The number of hydrogen-bond donors (Lipinski definition) is 0. The lowest BCUT2D eigenvalue weighted by molar-refractivity contribution is 0.640. The monoisotopic (exact) mass is 268 g/mol. The molecule has 0 unspecified atom stereocenters. The number of aromatic nitrogens is 2. The van der Waals surface area contributed by atoms with Crippen molar-refractivity contribution in [2.45, 2.75) is 13.8 Å². The van der Waals surface area contributed by atoms with Gasteiger partial charge >= 0.3 is 0 Å². The van der Waals surface area contributed by atoms with Gasteiger partial charge in [-0.3, -0.25) is 0 Å². The van der Waals surface area contributed by atoms with Crippen LogP contribution in [0.2, 0.25) is 0 Å². The van der Waals surface area contributed by atoms with E-state index in [1.807, 2.05) is 6.07 Å². The van der Waals surface area contributed by atoms with E-state index in [1.165, 1.54) is 16.8 Å². The van der Waals surface area contributed by atoms with Gasteiger partial charge in [0.1, 0.15) is 0 Å². The summed E-state index contributed by atoms with van der Waals surface area (Å²) in [5, 5.41) is 0. The van der Waals surface area contributed by atoms with Crippen LogP contribution < -0.4 is 9.80 Å². The van der Waals surface area contributed by atoms with Crippen LogP contribution in [-0.2, 0) is 0 Å². The molecule has 0 aliphatic carbocycles. The van der Waals surface area contributed by atoms with Gasteiger partial charge in [0.05, 0.1) is 0 Å². The fourth-order valence-electron chi connectivity index (χ4n) is 2.54. The maximum Gasteiger partial charge on any atom is 0.225 e. The molecule has 4 nitrogen and oxygen atoms in total. The molecule has 4 heteroatoms. The average Bonchev–Trinajstić information content (AvgIpc) is 2.51. The number of rotatable bonds is 2. The van der Waals surface area contributed by atoms with Crippen LogP contribution in [0.5, 0.6) is 0 Å². The second-order valence-corrected chi connectivity index (χ2v) is 5.29. The summed E-state index contributed by atoms with van der Waals surface area (Å²) in [4.78, 5) is 13.3. The summed E-state index contributed by atoms with van der Waals surface area (Å²) in [5.74, 6) is 0.840. The van der Waals surface area contributed by atoms with Crippen LogP contribution >= 0.6 is 0 Å². The zero-order chi connectivity index (χ0) is 13.9. The molecule has 1 aliphatic heterocycles. The molecular weight excluding hydrogens is 248 g/mol. The average molecular weight is 268 g/mol. The van der Waals surface area contributed by atoms with Crippen molar-refractivity contribution in [3.05, 3.63) is 47.8 Å². The Morgan fingerprint density at radius 1 is 0.850 bits per heavy atom. The van der Waals surface area contributed by atoms with Gasteiger partial charge in [-0.15, -0.1) is 0 Å². The highest BCUT2D eigenvalue weighted by Gasteiger charge is 2.19. The molecule has 20 heavy (non-hydrogen) atoms. The van der Waals surface area contributed by atoms with Crippen molar-refractivity contribution in [2.24, 2.45) is 0 Å². The van der Waals surface area contributed by atoms with E-state index >= 15 is 0 Å². The van der Waals surface area contributed by atoms with Crippen LogP contribution in [0.4, 0.5) is 11.6 Å². The minimum atomic E-state index is 0.840. The quantitative estimate of drug-likeness (QED) is 0.837. The number of piperazine rings is 1. The Morgan fingerprint density at radius 2 is 1.50 bits per heavy atom. The summed E-state index contributed by atoms with van der Waals surface area (Å²) in [6.07, 6.45) is 3.61. The molecule has 0 N–H and O–H groups in total. The third-order valence-corrected chi connectivity index (χ3v) is 3.97. The molecule has 3 rings (SSSR count). The smallest absolute Gasteiger partial charge is 0.225 e. The second-order valence-electron chi connectivity index (χ2n) is 5.29. The topological polar surface area (TPSA) is 32.3 Å². The normalized spacial score (nSPS) is 15.5. The molecule has 0 saturated carbocycles. The lowest BCUT2D eigenvalue weighted by atomic mass is 10.1. The highest BCUT2D eigenvalue weighted by Crippen LogP contribution is 2.21. The molecule has 2 aromatic rings. The van der Waals surface area contributed by atoms with Crippen molar-refractivity contribution in [3.8, 4) is 0 Å². The SMILES string of the molecule is Cc1ccc(N2CCN(c3ncccn3)CC2)cc1C. The summed E-state index contributed by atoms with van der Waals surface area (Å²) >= 11 is 0. The zero-order valence-electron chi connectivity index (χ0n) is 12.1. The minimum Gasteiger partial charge on any atom is -0.368 e. The largest absolute Gasteiger partial charge is 0.368 e. The molecule has 0 bridgehead atoms. The van der Waals surface area contributed by atoms with Crippen LogP contribution in [0, 0.1) is 13.8 Å². The number of anilines is 2. The van der Waals surface area contributed by atoms with Crippen LogP contribution in [-0.4, -0.2) is 36.1 Å². The van der Waals surface area contributed by atoms with Gasteiger partial charge < -0.3 is 9.80 Å². The maximum absolute atomic E-state index is 4.32. The van der Waals surface area contributed by atoms with Crippen LogP contribution in [0.1, 0.15) is 11.1 Å². The van der Waals surface area contributed by atoms with Crippen molar-refractivity contribution in [1.29, 1.82) is 0 Å². The molecular formula is C16H20N4. The third-order valence-electron chi connectivity index (χ3n) is 3.97. The summed E-state index contributed by atoms with van der Waals surface area (Å²) in [6.45, 7) is 8.30. The van der Waals surface area contributed by atoms with Crippen LogP contribution in [0.15, 0.2) is 36.7 Å². The Kier molecular flexibility index (Phi) is 3.54. The predicted molar refractivity (Wildman–Crippen MR) is 82.4 cm³/mol. The molecule has 1 saturated heterocycles. The molecule has 1 aromatic carbocycles. The molecule has 2 heterocycles. The summed E-state index contributed by atoms with van der Waals surface area (Å²) in [6, 6.07) is 8.56. The van der Waals surface area contributed by atoms with Gasteiger partial charge in [0.2, 0.25) is 5.95 Å². The van der Waals surface area contributed by atoms with Gasteiger partial charge in [-0.05, 0) is 43.2 Å². The van der Waals surface area contributed by atoms with Crippen molar-refractivity contribution in [2.75, 3.05) is 36.0 Å². The maximum atomic E-state index is 4.32. The first-order valence-corrected chi connectivity index (χ1v) is 7.08. The molecule has 1 aromatic heterocycles. The lowest BCUT2D eigenvalue weighted by Gasteiger charge is -2.36. The predicted octanol–water partition coefficient (Wildman–Crippen LogP) is 2.42. The molecule has 0 atom stereocenters. The first-order chi connectivity index (χ1) is 9.74. The standard InChI is InChI=1S/C16H20N4/c1-13-4-5-15(12-14(13)2)19-8-10-20(11-9-19)16-17-6-3-7-18-16/h3-7,12H,8-11H2,1-2H3. The van der Waals surface area contributed by atoms with E-state index in [0.717, 1.165) is 32.1 Å². The molecule has 1 aliphatic rings. The summed E-state index contributed by atoms with van der Waals surface area (Å²) in [7, 11) is 0. The van der Waals surface area contributed by atoms with E-state index in [4.69, 9.17) is 0 Å². The molecule has 0 radical (unpaired) electrons. The summed E-state index contributed by atoms with van der Waals surface area (Å²) in [5.41, 5.74) is 4.03. The van der Waals surface area contributed by atoms with E-state index in [9.17, 15) is 0 Å². The third kappa shape index (κ3) is 2.59. The number of benzene rings is 1. The van der Waals surface area contributed by atoms with Gasteiger partial charge in [-0.2, -0.15) is 0 Å². The Balaban J connectivity index is 1.68. The molecule has 0 spiro atoms. The highest BCUT2D eigenvalue weighted by molar-refractivity contribution is 5.52. The van der Waals surface area contributed by atoms with E-state index in [0.29, 0.717) is 0 Å². The van der Waals surface area contributed by atoms with Gasteiger partial charge in [-0.1, -0.05) is 6.07 Å². The van der Waals surface area contributed by atoms with Gasteiger partial charge in [0.25, 0.3) is 0 Å². The Bertz CT molecular complexity index is 574. The highest BCUT2D eigenvalue weighted by atomic mass is 15.3. The minimum absolute atomic E-state index is 0.840. The van der Waals surface area contributed by atoms with Crippen molar-refractivity contribution in [3.63, 3.8) is 0 Å². The molecule has 104 valence electrons.